The van der Waals surface area contributed by atoms with E-state index in [1.807, 2.05) is 0 Å². The van der Waals surface area contributed by atoms with Gasteiger partial charge in [0.2, 0.25) is 0 Å². The Bertz CT molecular complexity index is 1250. The first-order valence-electron chi connectivity index (χ1n) is 11.6. The molecule has 1 heterocycles. The van der Waals surface area contributed by atoms with Crippen LogP contribution in [-0.4, -0.2) is 43.5 Å². The number of aryl methyl sites for hydroxylation is 2. The summed E-state index contributed by atoms with van der Waals surface area (Å²) < 4.78 is 18.5. The molecular formula is C28H29FN4O4. The molecule has 0 aliphatic carbocycles. The monoisotopic (exact) mass is 504 g/mol. The summed E-state index contributed by atoms with van der Waals surface area (Å²) in [6, 6.07) is 20.5. The zero-order valence-electron chi connectivity index (χ0n) is 20.6. The summed E-state index contributed by atoms with van der Waals surface area (Å²) in [7, 11) is 0. The third kappa shape index (κ3) is 7.81. The Kier molecular flexibility index (Phi) is 9.62. The van der Waals surface area contributed by atoms with E-state index in [9.17, 15) is 18.8 Å². The lowest BCUT2D eigenvalue weighted by Gasteiger charge is -2.23. The van der Waals surface area contributed by atoms with Gasteiger partial charge in [-0.2, -0.15) is 5.10 Å². The molecule has 0 saturated heterocycles. The van der Waals surface area contributed by atoms with E-state index in [0.29, 0.717) is 23.3 Å². The molecule has 3 aromatic rings. The maximum atomic E-state index is 13.1. The van der Waals surface area contributed by atoms with Crippen molar-refractivity contribution in [2.24, 2.45) is 16.8 Å². The molecule has 1 aliphatic heterocycles. The molecule has 3 aromatic carbocycles. The second-order valence-corrected chi connectivity index (χ2v) is 8.41. The SMILES string of the molecule is Cc1cccc(C)c1.NC1C(C(=O)c2cccc(OCC(=O)NCC=O)c2)C=NN1c1ccc(F)cc1. The second-order valence-electron chi connectivity index (χ2n) is 8.41. The van der Waals surface area contributed by atoms with Crippen molar-refractivity contribution in [3.63, 3.8) is 0 Å². The highest BCUT2D eigenvalue weighted by molar-refractivity contribution is 6.08. The van der Waals surface area contributed by atoms with Crippen LogP contribution in [0.3, 0.4) is 0 Å². The zero-order valence-corrected chi connectivity index (χ0v) is 20.6. The quantitative estimate of drug-likeness (QED) is 0.359. The van der Waals surface area contributed by atoms with Crippen LogP contribution < -0.4 is 20.8 Å². The Morgan fingerprint density at radius 3 is 2.35 bits per heavy atom. The summed E-state index contributed by atoms with van der Waals surface area (Å²) >= 11 is 0. The van der Waals surface area contributed by atoms with E-state index in [1.165, 1.54) is 52.7 Å². The number of rotatable bonds is 8. The Balaban J connectivity index is 0.000000405. The number of hydrogen-bond donors (Lipinski definition) is 2. The molecule has 0 saturated carbocycles. The summed E-state index contributed by atoms with van der Waals surface area (Å²) in [6.45, 7) is 3.83. The normalized spacial score (nSPS) is 15.9. The first kappa shape index (κ1) is 27.2. The minimum absolute atomic E-state index is 0.0931. The number of nitrogens with zero attached hydrogens (tertiary/aromatic N) is 2. The maximum Gasteiger partial charge on any atom is 0.258 e. The summed E-state index contributed by atoms with van der Waals surface area (Å²) in [5, 5.41) is 7.99. The predicted molar refractivity (Wildman–Crippen MR) is 140 cm³/mol. The van der Waals surface area contributed by atoms with Crippen LogP contribution in [0, 0.1) is 25.6 Å². The minimum Gasteiger partial charge on any atom is -0.484 e. The van der Waals surface area contributed by atoms with Crippen molar-refractivity contribution in [3.05, 3.63) is 95.3 Å². The number of benzene rings is 3. The molecule has 0 radical (unpaired) electrons. The fraction of sp³-hybridized carbons (Fsp3) is 0.214. The Morgan fingerprint density at radius 1 is 1.05 bits per heavy atom. The van der Waals surface area contributed by atoms with Crippen LogP contribution in [0.1, 0.15) is 21.5 Å². The van der Waals surface area contributed by atoms with Crippen molar-refractivity contribution in [1.29, 1.82) is 0 Å². The molecule has 2 unspecified atom stereocenters. The van der Waals surface area contributed by atoms with Gasteiger partial charge in [0.05, 0.1) is 18.2 Å². The van der Waals surface area contributed by atoms with E-state index in [4.69, 9.17) is 10.5 Å². The summed E-state index contributed by atoms with van der Waals surface area (Å²) in [5.41, 5.74) is 9.79. The molecular weight excluding hydrogens is 475 g/mol. The van der Waals surface area contributed by atoms with Crippen LogP contribution in [0.4, 0.5) is 10.1 Å². The third-order valence-electron chi connectivity index (χ3n) is 5.44. The number of aldehydes is 1. The van der Waals surface area contributed by atoms with Crippen LogP contribution >= 0.6 is 0 Å². The second kappa shape index (κ2) is 13.1. The van der Waals surface area contributed by atoms with Gasteiger partial charge in [-0.1, -0.05) is 47.5 Å². The molecule has 0 fully saturated rings. The van der Waals surface area contributed by atoms with Gasteiger partial charge in [-0.25, -0.2) is 9.40 Å². The summed E-state index contributed by atoms with van der Waals surface area (Å²) in [6.07, 6.45) is 1.28. The Morgan fingerprint density at radius 2 is 1.73 bits per heavy atom. The van der Waals surface area contributed by atoms with Crippen LogP contribution in [0.15, 0.2) is 77.9 Å². The highest BCUT2D eigenvalue weighted by Crippen LogP contribution is 2.26. The van der Waals surface area contributed by atoms with Gasteiger partial charge in [0.15, 0.2) is 12.4 Å². The number of carbonyl (C=O) groups is 3. The van der Waals surface area contributed by atoms with E-state index < -0.39 is 18.0 Å². The van der Waals surface area contributed by atoms with Gasteiger partial charge in [-0.15, -0.1) is 0 Å². The summed E-state index contributed by atoms with van der Waals surface area (Å²) in [5.74, 6) is -1.47. The third-order valence-corrected chi connectivity index (χ3v) is 5.44. The molecule has 9 heteroatoms. The smallest absolute Gasteiger partial charge is 0.258 e. The maximum absolute atomic E-state index is 13.1. The predicted octanol–water partition coefficient (Wildman–Crippen LogP) is 3.41. The number of Topliss-reactive ketones (excluding diaryl/α,β-unsaturated/α-hetero) is 1. The van der Waals surface area contributed by atoms with Gasteiger partial charge < -0.3 is 20.6 Å². The number of hydrogen-bond acceptors (Lipinski definition) is 7. The lowest BCUT2D eigenvalue weighted by Crippen LogP contribution is -2.43. The summed E-state index contributed by atoms with van der Waals surface area (Å²) in [4.78, 5) is 34.7. The van der Waals surface area contributed by atoms with Crippen molar-refractivity contribution >= 4 is 29.9 Å². The van der Waals surface area contributed by atoms with Crippen molar-refractivity contribution in [3.8, 4) is 5.75 Å². The van der Waals surface area contributed by atoms with Crippen LogP contribution in [0.5, 0.6) is 5.75 Å². The zero-order chi connectivity index (χ0) is 26.8. The molecule has 2 atom stereocenters. The first-order chi connectivity index (χ1) is 17.8. The van der Waals surface area contributed by atoms with Crippen molar-refractivity contribution in [2.45, 2.75) is 20.0 Å². The van der Waals surface area contributed by atoms with Crippen LogP contribution in [0.25, 0.3) is 0 Å². The Hall–Kier alpha value is -4.37. The number of nitrogens with one attached hydrogen (secondary N) is 1. The topological polar surface area (TPSA) is 114 Å². The Labute approximate surface area is 214 Å². The van der Waals surface area contributed by atoms with Crippen molar-refractivity contribution in [2.75, 3.05) is 18.2 Å². The molecule has 0 bridgehead atoms. The van der Waals surface area contributed by atoms with Crippen molar-refractivity contribution < 1.29 is 23.5 Å². The van der Waals surface area contributed by atoms with Gasteiger partial charge >= 0.3 is 0 Å². The van der Waals surface area contributed by atoms with E-state index >= 15 is 0 Å². The molecule has 1 amide bonds. The lowest BCUT2D eigenvalue weighted by molar-refractivity contribution is -0.124. The fourth-order valence-electron chi connectivity index (χ4n) is 3.61. The number of hydrazone groups is 1. The minimum atomic E-state index is -0.744. The van der Waals surface area contributed by atoms with E-state index in [0.717, 1.165) is 0 Å². The standard InChI is InChI=1S/C20H19FN4O4.C8H10/c21-14-4-6-15(7-5-14)25-20(22)17(11-24-25)19(28)13-2-1-3-16(10-13)29-12-18(27)23-8-9-26;1-7-4-3-5-8(2)6-7/h1-7,9-11,17,20H,8,12,22H2,(H,23,27);3-6H,1-2H3. The van der Waals surface area contributed by atoms with Gasteiger partial charge in [0, 0.05) is 11.8 Å². The van der Waals surface area contributed by atoms with Gasteiger partial charge in [-0.05, 0) is 50.2 Å². The molecule has 8 nitrogen and oxygen atoms in total. The van der Waals surface area contributed by atoms with Crippen LogP contribution in [0.2, 0.25) is 0 Å². The highest BCUT2D eigenvalue weighted by Gasteiger charge is 2.34. The number of ether oxygens (including phenoxy) is 1. The highest BCUT2D eigenvalue weighted by atomic mass is 19.1. The number of amides is 1. The molecule has 4 rings (SSSR count). The van der Waals surface area contributed by atoms with Gasteiger partial charge in [-0.3, -0.25) is 9.59 Å². The van der Waals surface area contributed by atoms with Crippen molar-refractivity contribution in [1.82, 2.24) is 5.32 Å². The number of halogens is 1. The van der Waals surface area contributed by atoms with E-state index in [1.54, 1.807) is 18.2 Å². The number of anilines is 1. The number of nitrogens with two attached hydrogens (primary N) is 1. The lowest BCUT2D eigenvalue weighted by atomic mass is 9.96. The average molecular weight is 505 g/mol. The molecule has 1 aliphatic rings. The van der Waals surface area contributed by atoms with E-state index in [2.05, 4.69) is 48.5 Å². The molecule has 192 valence electrons. The molecule has 0 aromatic heterocycles. The molecule has 3 N–H and O–H groups in total. The molecule has 0 spiro atoms. The number of carbonyl (C=O) groups excluding carboxylic acids is 3. The molecule has 37 heavy (non-hydrogen) atoms. The van der Waals surface area contributed by atoms with Gasteiger partial charge in [0.25, 0.3) is 5.91 Å². The fourth-order valence-corrected chi connectivity index (χ4v) is 3.61. The van der Waals surface area contributed by atoms with Gasteiger partial charge in [0.1, 0.15) is 24.0 Å². The number of ketones is 1. The largest absolute Gasteiger partial charge is 0.484 e. The first-order valence-corrected chi connectivity index (χ1v) is 11.6. The average Bonchev–Trinajstić information content (AvgIpc) is 3.27. The van der Waals surface area contributed by atoms with E-state index in [-0.39, 0.29) is 24.8 Å². The van der Waals surface area contributed by atoms with Crippen LogP contribution in [-0.2, 0) is 9.59 Å².